The van der Waals surface area contributed by atoms with Gasteiger partial charge in [-0.1, -0.05) is 11.6 Å². The number of carboxylic acids is 1. The second-order valence-electron chi connectivity index (χ2n) is 4.16. The van der Waals surface area contributed by atoms with E-state index in [4.69, 9.17) is 16.7 Å². The number of hydrogen-bond acceptors (Lipinski definition) is 3. The van der Waals surface area contributed by atoms with Crippen LogP contribution in [0.2, 0.25) is 5.15 Å². The molecule has 5 heteroatoms. The first-order valence-electron chi connectivity index (χ1n) is 5.15. The Bertz CT molecular complexity index is 422. The second-order valence-corrected chi connectivity index (χ2v) is 4.52. The van der Waals surface area contributed by atoms with Crippen LogP contribution in [0.4, 0.5) is 0 Å². The van der Waals surface area contributed by atoms with Gasteiger partial charge in [0.05, 0.1) is 5.56 Å². The van der Waals surface area contributed by atoms with Crippen LogP contribution in [0.5, 0.6) is 0 Å². The van der Waals surface area contributed by atoms with Crippen molar-refractivity contribution < 1.29 is 9.90 Å². The van der Waals surface area contributed by atoms with Gasteiger partial charge in [-0.05, 0) is 37.6 Å². The number of nitrogens with zero attached hydrogens (tertiary/aromatic N) is 2. The first-order valence-corrected chi connectivity index (χ1v) is 5.53. The first kappa shape index (κ1) is 11.4. The van der Waals surface area contributed by atoms with Crippen LogP contribution in [0.1, 0.15) is 28.3 Å². The molecule has 1 saturated heterocycles. The zero-order valence-corrected chi connectivity index (χ0v) is 9.74. The molecule has 1 atom stereocenters. The topological polar surface area (TPSA) is 53.4 Å². The molecule has 2 heterocycles. The molecule has 1 aliphatic heterocycles. The van der Waals surface area contributed by atoms with Gasteiger partial charge in [-0.2, -0.15) is 0 Å². The minimum absolute atomic E-state index is 0.0580. The smallest absolute Gasteiger partial charge is 0.338 e. The third kappa shape index (κ3) is 2.18. The average molecular weight is 241 g/mol. The van der Waals surface area contributed by atoms with Crippen molar-refractivity contribution in [3.8, 4) is 0 Å². The van der Waals surface area contributed by atoms with Crippen LogP contribution >= 0.6 is 11.6 Å². The summed E-state index contributed by atoms with van der Waals surface area (Å²) in [6, 6.07) is 1.64. The molecule has 0 bridgehead atoms. The molecular formula is C11H13ClN2O2. The maximum atomic E-state index is 10.9. The van der Waals surface area contributed by atoms with Crippen LogP contribution in [0, 0.1) is 0 Å². The van der Waals surface area contributed by atoms with E-state index in [1.807, 2.05) is 0 Å². The third-order valence-corrected chi connectivity index (χ3v) is 3.25. The van der Waals surface area contributed by atoms with Gasteiger partial charge >= 0.3 is 5.97 Å². The fourth-order valence-electron chi connectivity index (χ4n) is 2.04. The lowest BCUT2D eigenvalue weighted by Crippen LogP contribution is -2.13. The van der Waals surface area contributed by atoms with E-state index in [0.717, 1.165) is 25.1 Å². The van der Waals surface area contributed by atoms with Gasteiger partial charge in [0, 0.05) is 12.7 Å². The van der Waals surface area contributed by atoms with Gasteiger partial charge in [-0.15, -0.1) is 0 Å². The molecule has 0 saturated carbocycles. The molecule has 4 nitrogen and oxygen atoms in total. The third-order valence-electron chi connectivity index (χ3n) is 2.95. The number of halogens is 1. The summed E-state index contributed by atoms with van der Waals surface area (Å²) in [5.41, 5.74) is 1.06. The summed E-state index contributed by atoms with van der Waals surface area (Å²) in [7, 11) is 2.06. The molecule has 1 unspecified atom stereocenters. The van der Waals surface area contributed by atoms with Gasteiger partial charge in [0.25, 0.3) is 0 Å². The highest BCUT2D eigenvalue weighted by Crippen LogP contribution is 2.27. The Balaban J connectivity index is 2.29. The fraction of sp³-hybridized carbons (Fsp3) is 0.455. The lowest BCUT2D eigenvalue weighted by atomic mass is 9.99. The number of carbonyl (C=O) groups is 1. The van der Waals surface area contributed by atoms with Crippen molar-refractivity contribution in [1.82, 2.24) is 9.88 Å². The normalized spacial score (nSPS) is 21.2. The summed E-state index contributed by atoms with van der Waals surface area (Å²) >= 11 is 5.72. The van der Waals surface area contributed by atoms with Gasteiger partial charge in [0.15, 0.2) is 0 Å². The van der Waals surface area contributed by atoms with E-state index in [2.05, 4.69) is 16.9 Å². The van der Waals surface area contributed by atoms with Gasteiger partial charge in [-0.3, -0.25) is 0 Å². The molecule has 1 fully saturated rings. The van der Waals surface area contributed by atoms with E-state index in [1.54, 1.807) is 12.3 Å². The Morgan fingerprint density at radius 2 is 2.44 bits per heavy atom. The zero-order valence-electron chi connectivity index (χ0n) is 8.98. The van der Waals surface area contributed by atoms with Gasteiger partial charge < -0.3 is 10.0 Å². The predicted molar refractivity (Wildman–Crippen MR) is 61.1 cm³/mol. The lowest BCUT2D eigenvalue weighted by molar-refractivity contribution is 0.0696. The van der Waals surface area contributed by atoms with Crippen LogP contribution < -0.4 is 0 Å². The number of hydrogen-bond donors (Lipinski definition) is 1. The molecule has 86 valence electrons. The molecule has 0 amide bonds. The van der Waals surface area contributed by atoms with Gasteiger partial charge in [-0.25, -0.2) is 9.78 Å². The summed E-state index contributed by atoms with van der Waals surface area (Å²) in [5.74, 6) is -0.654. The molecule has 16 heavy (non-hydrogen) atoms. The molecule has 1 N–H and O–H groups in total. The van der Waals surface area contributed by atoms with Crippen LogP contribution in [0.25, 0.3) is 0 Å². The fourth-order valence-corrected chi connectivity index (χ4v) is 2.23. The van der Waals surface area contributed by atoms with Gasteiger partial charge in [0.1, 0.15) is 5.15 Å². The molecule has 0 spiro atoms. The highest BCUT2D eigenvalue weighted by atomic mass is 35.5. The zero-order chi connectivity index (χ0) is 11.7. The van der Waals surface area contributed by atoms with Gasteiger partial charge in [0.2, 0.25) is 0 Å². The summed E-state index contributed by atoms with van der Waals surface area (Å²) in [6.07, 6.45) is 2.72. The molecule has 1 aromatic rings. The Kier molecular flexibility index (Phi) is 3.12. The summed E-state index contributed by atoms with van der Waals surface area (Å²) in [5, 5.41) is 9.01. The number of carboxylic acid groups (broad SMARTS) is 1. The maximum absolute atomic E-state index is 10.9. The predicted octanol–water partition coefficient (Wildman–Crippen LogP) is 1.85. The Morgan fingerprint density at radius 3 is 3.00 bits per heavy atom. The quantitative estimate of drug-likeness (QED) is 0.802. The van der Waals surface area contributed by atoms with Crippen molar-refractivity contribution >= 4 is 17.6 Å². The van der Waals surface area contributed by atoms with E-state index in [0.29, 0.717) is 5.92 Å². The van der Waals surface area contributed by atoms with E-state index in [9.17, 15) is 4.79 Å². The van der Waals surface area contributed by atoms with E-state index in [-0.39, 0.29) is 10.7 Å². The van der Waals surface area contributed by atoms with Crippen molar-refractivity contribution in [2.24, 2.45) is 0 Å². The van der Waals surface area contributed by atoms with Crippen molar-refractivity contribution in [2.75, 3.05) is 20.1 Å². The summed E-state index contributed by atoms with van der Waals surface area (Å²) < 4.78 is 0. The summed E-state index contributed by atoms with van der Waals surface area (Å²) in [6.45, 7) is 1.98. The highest BCUT2D eigenvalue weighted by Gasteiger charge is 2.23. The summed E-state index contributed by atoms with van der Waals surface area (Å²) in [4.78, 5) is 17.1. The lowest BCUT2D eigenvalue weighted by Gasteiger charge is -2.11. The highest BCUT2D eigenvalue weighted by molar-refractivity contribution is 6.32. The largest absolute Gasteiger partial charge is 0.478 e. The number of likely N-dealkylation sites (tertiary alicyclic amines) is 1. The Morgan fingerprint density at radius 1 is 1.69 bits per heavy atom. The van der Waals surface area contributed by atoms with Crippen LogP contribution in [-0.2, 0) is 0 Å². The number of rotatable bonds is 2. The van der Waals surface area contributed by atoms with Crippen LogP contribution in [0.3, 0.4) is 0 Å². The molecule has 1 aliphatic rings. The molecular weight excluding hydrogens is 228 g/mol. The number of likely N-dealkylation sites (N-methyl/N-ethyl adjacent to an activating group) is 1. The van der Waals surface area contributed by atoms with E-state index >= 15 is 0 Å². The Hall–Kier alpha value is -1.13. The van der Waals surface area contributed by atoms with E-state index < -0.39 is 5.97 Å². The molecule has 0 radical (unpaired) electrons. The monoisotopic (exact) mass is 240 g/mol. The minimum Gasteiger partial charge on any atom is -0.478 e. The number of pyridine rings is 1. The molecule has 2 rings (SSSR count). The molecule has 1 aromatic heterocycles. The Labute approximate surface area is 98.9 Å². The van der Waals surface area contributed by atoms with E-state index in [1.165, 1.54) is 0 Å². The van der Waals surface area contributed by atoms with Crippen molar-refractivity contribution in [1.29, 1.82) is 0 Å². The van der Waals surface area contributed by atoms with Crippen molar-refractivity contribution in [2.45, 2.75) is 12.3 Å². The van der Waals surface area contributed by atoms with Crippen molar-refractivity contribution in [3.05, 3.63) is 28.5 Å². The maximum Gasteiger partial charge on any atom is 0.338 e. The SMILES string of the molecule is CN1CCC(c2cnc(Cl)c(C(=O)O)c2)C1. The minimum atomic E-state index is -1.02. The average Bonchev–Trinajstić information content (AvgIpc) is 2.65. The number of aromatic nitrogens is 1. The molecule has 0 aliphatic carbocycles. The first-order chi connectivity index (χ1) is 7.58. The van der Waals surface area contributed by atoms with Crippen LogP contribution in [0.15, 0.2) is 12.3 Å². The second kappa shape index (κ2) is 4.39. The van der Waals surface area contributed by atoms with Crippen LogP contribution in [-0.4, -0.2) is 41.1 Å². The van der Waals surface area contributed by atoms with Crippen molar-refractivity contribution in [3.63, 3.8) is 0 Å². The standard InChI is InChI=1S/C11H13ClN2O2/c1-14-3-2-7(6-14)8-4-9(11(15)16)10(12)13-5-8/h4-5,7H,2-3,6H2,1H3,(H,15,16). The molecule has 0 aromatic carbocycles. The number of aromatic carboxylic acids is 1.